The second-order valence-corrected chi connectivity index (χ2v) is 7.15. The number of nitrogens with zero attached hydrogens (tertiary/aromatic N) is 1. The molecule has 0 radical (unpaired) electrons. The van der Waals surface area contributed by atoms with Crippen molar-refractivity contribution >= 4 is 11.9 Å². The molecule has 1 saturated heterocycles. The van der Waals surface area contributed by atoms with Gasteiger partial charge in [0.25, 0.3) is 0 Å². The van der Waals surface area contributed by atoms with E-state index in [-0.39, 0.29) is 29.4 Å². The SMILES string of the molecule is C[C@H](NC(=O)[C@H]1CCCN1CCOc1ccc(F)cc1)c1ccc(C(=O)O)cc1. The molecule has 0 spiro atoms. The number of halogens is 1. The number of ether oxygens (including phenoxy) is 1. The lowest BCUT2D eigenvalue weighted by molar-refractivity contribution is -0.126. The fourth-order valence-electron chi connectivity index (χ4n) is 3.51. The summed E-state index contributed by atoms with van der Waals surface area (Å²) in [6, 6.07) is 12.0. The summed E-state index contributed by atoms with van der Waals surface area (Å²) in [5, 5.41) is 12.0. The molecular formula is C22H25FN2O4. The van der Waals surface area contributed by atoms with Gasteiger partial charge in [-0.05, 0) is 68.3 Å². The van der Waals surface area contributed by atoms with Crippen molar-refractivity contribution in [2.45, 2.75) is 31.8 Å². The average molecular weight is 400 g/mol. The molecule has 1 aliphatic rings. The highest BCUT2D eigenvalue weighted by Crippen LogP contribution is 2.20. The predicted molar refractivity (Wildman–Crippen MR) is 106 cm³/mol. The van der Waals surface area contributed by atoms with E-state index in [9.17, 15) is 14.0 Å². The zero-order valence-corrected chi connectivity index (χ0v) is 16.3. The number of aromatic carboxylic acids is 1. The summed E-state index contributed by atoms with van der Waals surface area (Å²) in [6.45, 7) is 3.73. The average Bonchev–Trinajstić information content (AvgIpc) is 3.18. The van der Waals surface area contributed by atoms with Crippen LogP contribution in [-0.4, -0.2) is 47.6 Å². The molecule has 0 unspecified atom stereocenters. The molecule has 0 bridgehead atoms. The molecule has 2 aromatic rings. The van der Waals surface area contributed by atoms with Crippen molar-refractivity contribution in [1.29, 1.82) is 0 Å². The number of likely N-dealkylation sites (tertiary alicyclic amines) is 1. The molecular weight excluding hydrogens is 375 g/mol. The van der Waals surface area contributed by atoms with Gasteiger partial charge in [-0.25, -0.2) is 9.18 Å². The third kappa shape index (κ3) is 5.54. The standard InChI is InChI=1S/C22H25FN2O4/c1-15(16-4-6-17(7-5-16)22(27)28)24-21(26)20-3-2-12-25(20)13-14-29-19-10-8-18(23)9-11-19/h4-11,15,20H,2-3,12-14H2,1H3,(H,24,26)(H,27,28)/t15-,20+/m0/s1. The zero-order chi connectivity index (χ0) is 20.8. The number of carbonyl (C=O) groups excluding carboxylic acids is 1. The molecule has 1 fully saturated rings. The van der Waals surface area contributed by atoms with Crippen molar-refractivity contribution in [1.82, 2.24) is 10.2 Å². The van der Waals surface area contributed by atoms with Gasteiger partial charge in [0.05, 0.1) is 17.6 Å². The predicted octanol–water partition coefficient (Wildman–Crippen LogP) is 3.24. The van der Waals surface area contributed by atoms with Crippen LogP contribution in [0.15, 0.2) is 48.5 Å². The minimum atomic E-state index is -0.974. The maximum atomic E-state index is 12.9. The molecule has 154 valence electrons. The van der Waals surface area contributed by atoms with Crippen molar-refractivity contribution in [3.8, 4) is 5.75 Å². The number of carbonyl (C=O) groups is 2. The topological polar surface area (TPSA) is 78.9 Å². The molecule has 3 rings (SSSR count). The number of carboxylic acid groups (broad SMARTS) is 1. The highest BCUT2D eigenvalue weighted by atomic mass is 19.1. The Balaban J connectivity index is 1.50. The molecule has 0 aromatic heterocycles. The number of hydrogen-bond acceptors (Lipinski definition) is 4. The first kappa shape index (κ1) is 20.8. The van der Waals surface area contributed by atoms with Gasteiger partial charge in [0.1, 0.15) is 18.2 Å². The first-order valence-corrected chi connectivity index (χ1v) is 9.70. The summed E-state index contributed by atoms with van der Waals surface area (Å²) in [5.41, 5.74) is 1.07. The minimum absolute atomic E-state index is 0.0425. The van der Waals surface area contributed by atoms with Crippen LogP contribution in [0, 0.1) is 5.82 Å². The van der Waals surface area contributed by atoms with Crippen molar-refractivity contribution in [2.24, 2.45) is 0 Å². The minimum Gasteiger partial charge on any atom is -0.492 e. The molecule has 1 heterocycles. The summed E-state index contributed by atoms with van der Waals surface area (Å²) in [6.07, 6.45) is 1.73. The summed E-state index contributed by atoms with van der Waals surface area (Å²) in [7, 11) is 0. The molecule has 2 atom stereocenters. The Bertz CT molecular complexity index is 839. The summed E-state index contributed by atoms with van der Waals surface area (Å²) in [5.74, 6) is -0.720. The number of benzene rings is 2. The molecule has 1 aliphatic heterocycles. The Kier molecular flexibility index (Phi) is 6.82. The summed E-state index contributed by atoms with van der Waals surface area (Å²) >= 11 is 0. The maximum absolute atomic E-state index is 12.9. The van der Waals surface area contributed by atoms with Crippen LogP contribution in [-0.2, 0) is 4.79 Å². The lowest BCUT2D eigenvalue weighted by Gasteiger charge is -2.25. The number of nitrogens with one attached hydrogen (secondary N) is 1. The smallest absolute Gasteiger partial charge is 0.335 e. The van der Waals surface area contributed by atoms with Gasteiger partial charge in [-0.3, -0.25) is 9.69 Å². The van der Waals surface area contributed by atoms with Crippen LogP contribution < -0.4 is 10.1 Å². The fourth-order valence-corrected chi connectivity index (χ4v) is 3.51. The van der Waals surface area contributed by atoms with E-state index in [4.69, 9.17) is 9.84 Å². The summed E-state index contributed by atoms with van der Waals surface area (Å²) < 4.78 is 18.6. The van der Waals surface area contributed by atoms with Crippen molar-refractivity contribution in [3.63, 3.8) is 0 Å². The van der Waals surface area contributed by atoms with Crippen LogP contribution in [0.25, 0.3) is 0 Å². The van der Waals surface area contributed by atoms with Gasteiger partial charge in [0.15, 0.2) is 0 Å². The Morgan fingerprint density at radius 1 is 1.21 bits per heavy atom. The molecule has 29 heavy (non-hydrogen) atoms. The molecule has 2 N–H and O–H groups in total. The highest BCUT2D eigenvalue weighted by molar-refractivity contribution is 5.87. The van der Waals surface area contributed by atoms with E-state index in [0.717, 1.165) is 24.9 Å². The van der Waals surface area contributed by atoms with Crippen molar-refractivity contribution < 1.29 is 23.8 Å². The van der Waals surface area contributed by atoms with E-state index in [1.54, 1.807) is 24.3 Å². The summed E-state index contributed by atoms with van der Waals surface area (Å²) in [4.78, 5) is 25.8. The Hall–Kier alpha value is -2.93. The molecule has 1 amide bonds. The molecule has 0 saturated carbocycles. The number of carboxylic acids is 1. The van der Waals surface area contributed by atoms with Crippen LogP contribution in [0.3, 0.4) is 0 Å². The molecule has 6 nitrogen and oxygen atoms in total. The van der Waals surface area contributed by atoms with Crippen LogP contribution >= 0.6 is 0 Å². The van der Waals surface area contributed by atoms with Gasteiger partial charge in [0.2, 0.25) is 5.91 Å². The molecule has 2 aromatic carbocycles. The lowest BCUT2D eigenvalue weighted by Crippen LogP contribution is -2.45. The zero-order valence-electron chi connectivity index (χ0n) is 16.3. The third-order valence-corrected chi connectivity index (χ3v) is 5.14. The number of amides is 1. The van der Waals surface area contributed by atoms with Gasteiger partial charge >= 0.3 is 5.97 Å². The molecule has 0 aliphatic carbocycles. The van der Waals surface area contributed by atoms with Crippen LogP contribution in [0.1, 0.15) is 41.7 Å². The Morgan fingerprint density at radius 3 is 2.55 bits per heavy atom. The van der Waals surface area contributed by atoms with Gasteiger partial charge in [-0.15, -0.1) is 0 Å². The van der Waals surface area contributed by atoms with Gasteiger partial charge in [-0.1, -0.05) is 12.1 Å². The highest BCUT2D eigenvalue weighted by Gasteiger charge is 2.31. The maximum Gasteiger partial charge on any atom is 0.335 e. The Labute approximate surface area is 169 Å². The third-order valence-electron chi connectivity index (χ3n) is 5.14. The van der Waals surface area contributed by atoms with Gasteiger partial charge in [-0.2, -0.15) is 0 Å². The van der Waals surface area contributed by atoms with Crippen LogP contribution in [0.5, 0.6) is 5.75 Å². The van der Waals surface area contributed by atoms with Crippen molar-refractivity contribution in [3.05, 3.63) is 65.5 Å². The second-order valence-electron chi connectivity index (χ2n) is 7.15. The van der Waals surface area contributed by atoms with E-state index in [1.165, 1.54) is 24.3 Å². The largest absolute Gasteiger partial charge is 0.492 e. The van der Waals surface area contributed by atoms with Crippen molar-refractivity contribution in [2.75, 3.05) is 19.7 Å². The van der Waals surface area contributed by atoms with Gasteiger partial charge in [0, 0.05) is 6.54 Å². The molecule has 7 heteroatoms. The first-order valence-electron chi connectivity index (χ1n) is 9.70. The van der Waals surface area contributed by atoms with E-state index in [2.05, 4.69) is 10.2 Å². The van der Waals surface area contributed by atoms with E-state index in [0.29, 0.717) is 18.9 Å². The fraction of sp³-hybridized carbons (Fsp3) is 0.364. The van der Waals surface area contributed by atoms with Crippen LogP contribution in [0.2, 0.25) is 0 Å². The van der Waals surface area contributed by atoms with Crippen LogP contribution in [0.4, 0.5) is 4.39 Å². The number of rotatable bonds is 8. The van der Waals surface area contributed by atoms with Gasteiger partial charge < -0.3 is 15.2 Å². The van der Waals surface area contributed by atoms with E-state index >= 15 is 0 Å². The Morgan fingerprint density at radius 2 is 1.90 bits per heavy atom. The first-order chi connectivity index (χ1) is 13.9. The van der Waals surface area contributed by atoms with E-state index < -0.39 is 5.97 Å². The monoisotopic (exact) mass is 400 g/mol. The quantitative estimate of drug-likeness (QED) is 0.711. The lowest BCUT2D eigenvalue weighted by atomic mass is 10.1. The van der Waals surface area contributed by atoms with E-state index in [1.807, 2.05) is 6.92 Å². The normalized spacial score (nSPS) is 17.7. The number of hydrogen-bond donors (Lipinski definition) is 2. The second kappa shape index (κ2) is 9.52.